The molecule has 0 spiro atoms. The molecule has 8 heteroatoms. The van der Waals surface area contributed by atoms with Crippen molar-refractivity contribution in [2.45, 2.75) is 13.1 Å². The lowest BCUT2D eigenvalue weighted by Crippen LogP contribution is -2.16. The number of benzene rings is 1. The Hall–Kier alpha value is -2.90. The largest absolute Gasteiger partial charge is 0.465 e. The number of anilines is 1. The maximum Gasteiger partial charge on any atom is 0.433 e. The molecule has 0 aliphatic heterocycles. The number of aromatic nitrogens is 1. The number of hydrogen-bond donors (Lipinski definition) is 1. The second kappa shape index (κ2) is 6.69. The number of carbonyl (C=O) groups is 2. The van der Waals surface area contributed by atoms with Crippen LogP contribution in [-0.2, 0) is 10.9 Å². The van der Waals surface area contributed by atoms with Crippen molar-refractivity contribution in [1.29, 1.82) is 0 Å². The summed E-state index contributed by atoms with van der Waals surface area (Å²) in [5.74, 6) is -1.19. The van der Waals surface area contributed by atoms with Gasteiger partial charge in [0.15, 0.2) is 0 Å². The molecule has 0 radical (unpaired) electrons. The van der Waals surface area contributed by atoms with Gasteiger partial charge >= 0.3 is 12.1 Å². The van der Waals surface area contributed by atoms with Crippen molar-refractivity contribution in [3.8, 4) is 0 Å². The van der Waals surface area contributed by atoms with Gasteiger partial charge in [-0.05, 0) is 36.8 Å². The molecule has 0 atom stereocenters. The quantitative estimate of drug-likeness (QED) is 0.871. The number of alkyl halides is 3. The lowest BCUT2D eigenvalue weighted by Gasteiger charge is -2.11. The Morgan fingerprint density at radius 3 is 2.42 bits per heavy atom. The minimum atomic E-state index is -4.57. The first-order chi connectivity index (χ1) is 11.2. The van der Waals surface area contributed by atoms with Crippen LogP contribution in [0, 0.1) is 6.92 Å². The van der Waals surface area contributed by atoms with Gasteiger partial charge in [-0.15, -0.1) is 0 Å². The summed E-state index contributed by atoms with van der Waals surface area (Å²) in [6, 6.07) is 6.42. The van der Waals surface area contributed by atoms with Crippen molar-refractivity contribution >= 4 is 17.6 Å². The van der Waals surface area contributed by atoms with Crippen LogP contribution in [0.25, 0.3) is 0 Å². The SMILES string of the molecule is COC(=O)c1cccc(NC(=O)c2ccc(C(F)(F)F)nc2)c1C. The monoisotopic (exact) mass is 338 g/mol. The van der Waals surface area contributed by atoms with Gasteiger partial charge in [-0.1, -0.05) is 6.07 Å². The Labute approximate surface area is 135 Å². The Balaban J connectivity index is 2.23. The van der Waals surface area contributed by atoms with Gasteiger partial charge in [0.2, 0.25) is 0 Å². The summed E-state index contributed by atoms with van der Waals surface area (Å²) >= 11 is 0. The zero-order valence-electron chi connectivity index (χ0n) is 12.8. The van der Waals surface area contributed by atoms with E-state index in [2.05, 4.69) is 15.0 Å². The number of halogens is 3. The van der Waals surface area contributed by atoms with Gasteiger partial charge in [-0.2, -0.15) is 13.2 Å². The molecule has 2 aromatic rings. The minimum absolute atomic E-state index is 0.0362. The Bertz CT molecular complexity index is 771. The molecular formula is C16H13F3N2O3. The molecule has 0 saturated heterocycles. The lowest BCUT2D eigenvalue weighted by atomic mass is 10.1. The van der Waals surface area contributed by atoms with Crippen LogP contribution < -0.4 is 5.32 Å². The van der Waals surface area contributed by atoms with E-state index in [1.807, 2.05) is 0 Å². The third kappa shape index (κ3) is 3.70. The molecule has 1 aromatic heterocycles. The topological polar surface area (TPSA) is 68.3 Å². The molecule has 0 aliphatic rings. The molecule has 0 bridgehead atoms. The molecule has 0 unspecified atom stereocenters. The first-order valence-electron chi connectivity index (χ1n) is 6.76. The summed E-state index contributed by atoms with van der Waals surface area (Å²) in [5.41, 5.74) is -0.00463. The minimum Gasteiger partial charge on any atom is -0.465 e. The molecule has 2 rings (SSSR count). The number of hydrogen-bond acceptors (Lipinski definition) is 4. The first-order valence-corrected chi connectivity index (χ1v) is 6.76. The third-order valence-electron chi connectivity index (χ3n) is 3.30. The first kappa shape index (κ1) is 17.5. The molecule has 1 amide bonds. The van der Waals surface area contributed by atoms with Crippen molar-refractivity contribution < 1.29 is 27.5 Å². The molecule has 1 aromatic carbocycles. The van der Waals surface area contributed by atoms with E-state index in [-0.39, 0.29) is 11.1 Å². The number of methoxy groups -OCH3 is 1. The summed E-state index contributed by atoms with van der Waals surface area (Å²) in [7, 11) is 1.24. The van der Waals surface area contributed by atoms with Crippen LogP contribution in [0.3, 0.4) is 0 Å². The van der Waals surface area contributed by atoms with Crippen LogP contribution in [-0.4, -0.2) is 24.0 Å². The van der Waals surface area contributed by atoms with Crippen LogP contribution in [0.1, 0.15) is 32.0 Å². The van der Waals surface area contributed by atoms with Crippen molar-refractivity contribution in [1.82, 2.24) is 4.98 Å². The van der Waals surface area contributed by atoms with Crippen LogP contribution in [0.4, 0.5) is 18.9 Å². The highest BCUT2D eigenvalue weighted by Crippen LogP contribution is 2.27. The number of rotatable bonds is 3. The van der Waals surface area contributed by atoms with Crippen LogP contribution in [0.5, 0.6) is 0 Å². The Morgan fingerprint density at radius 1 is 1.17 bits per heavy atom. The molecule has 126 valence electrons. The van der Waals surface area contributed by atoms with Gasteiger partial charge in [0.25, 0.3) is 5.91 Å². The maximum atomic E-state index is 12.5. The number of amides is 1. The molecular weight excluding hydrogens is 325 g/mol. The number of carbonyl (C=O) groups excluding carboxylic acids is 2. The van der Waals surface area contributed by atoms with Crippen molar-refractivity contribution in [3.05, 3.63) is 58.9 Å². The zero-order chi connectivity index (χ0) is 17.9. The highest BCUT2D eigenvalue weighted by molar-refractivity contribution is 6.05. The van der Waals surface area contributed by atoms with E-state index in [9.17, 15) is 22.8 Å². The van der Waals surface area contributed by atoms with Gasteiger partial charge in [-0.25, -0.2) is 4.79 Å². The van der Waals surface area contributed by atoms with E-state index in [0.717, 1.165) is 18.3 Å². The highest BCUT2D eigenvalue weighted by Gasteiger charge is 2.32. The average Bonchev–Trinajstić information content (AvgIpc) is 2.55. The number of nitrogens with zero attached hydrogens (tertiary/aromatic N) is 1. The predicted octanol–water partition coefficient (Wildman–Crippen LogP) is 3.45. The van der Waals surface area contributed by atoms with E-state index in [1.165, 1.54) is 13.2 Å². The van der Waals surface area contributed by atoms with E-state index in [0.29, 0.717) is 11.3 Å². The predicted molar refractivity (Wildman–Crippen MR) is 79.7 cm³/mol. The fourth-order valence-electron chi connectivity index (χ4n) is 1.99. The van der Waals surface area contributed by atoms with E-state index in [4.69, 9.17) is 0 Å². The Morgan fingerprint density at radius 2 is 1.88 bits per heavy atom. The highest BCUT2D eigenvalue weighted by atomic mass is 19.4. The van der Waals surface area contributed by atoms with Crippen LogP contribution >= 0.6 is 0 Å². The standard InChI is InChI=1S/C16H13F3N2O3/c1-9-11(15(23)24-2)4-3-5-12(9)21-14(22)10-6-7-13(20-8-10)16(17,18)19/h3-8H,1-2H3,(H,21,22). The summed E-state index contributed by atoms with van der Waals surface area (Å²) < 4.78 is 42.0. The van der Waals surface area contributed by atoms with Gasteiger partial charge in [0, 0.05) is 11.9 Å². The fraction of sp³-hybridized carbons (Fsp3) is 0.188. The van der Waals surface area contributed by atoms with Gasteiger partial charge < -0.3 is 10.1 Å². The third-order valence-corrected chi connectivity index (χ3v) is 3.30. The number of ether oxygens (including phenoxy) is 1. The molecule has 1 heterocycles. The smallest absolute Gasteiger partial charge is 0.433 e. The van der Waals surface area contributed by atoms with Crippen molar-refractivity contribution in [2.24, 2.45) is 0 Å². The zero-order valence-corrected chi connectivity index (χ0v) is 12.8. The number of pyridine rings is 1. The number of nitrogens with one attached hydrogen (secondary N) is 1. The summed E-state index contributed by atoms with van der Waals surface area (Å²) in [4.78, 5) is 27.0. The summed E-state index contributed by atoms with van der Waals surface area (Å²) in [6.07, 6.45) is -3.72. The van der Waals surface area contributed by atoms with Crippen molar-refractivity contribution in [3.63, 3.8) is 0 Å². The molecule has 0 saturated carbocycles. The molecule has 0 fully saturated rings. The fourth-order valence-corrected chi connectivity index (χ4v) is 1.99. The summed E-state index contributed by atoms with van der Waals surface area (Å²) in [5, 5.41) is 2.54. The lowest BCUT2D eigenvalue weighted by molar-refractivity contribution is -0.141. The van der Waals surface area contributed by atoms with Crippen LogP contribution in [0.2, 0.25) is 0 Å². The summed E-state index contributed by atoms with van der Waals surface area (Å²) in [6.45, 7) is 1.62. The van der Waals surface area contributed by atoms with Gasteiger partial charge in [-0.3, -0.25) is 9.78 Å². The van der Waals surface area contributed by atoms with E-state index in [1.54, 1.807) is 19.1 Å². The van der Waals surface area contributed by atoms with Gasteiger partial charge in [0.05, 0.1) is 18.2 Å². The van der Waals surface area contributed by atoms with E-state index >= 15 is 0 Å². The Kier molecular flexibility index (Phi) is 4.87. The molecule has 0 aliphatic carbocycles. The van der Waals surface area contributed by atoms with Crippen LogP contribution in [0.15, 0.2) is 36.5 Å². The van der Waals surface area contributed by atoms with E-state index < -0.39 is 23.7 Å². The van der Waals surface area contributed by atoms with Gasteiger partial charge in [0.1, 0.15) is 5.69 Å². The van der Waals surface area contributed by atoms with Crippen molar-refractivity contribution in [2.75, 3.05) is 12.4 Å². The number of esters is 1. The normalized spacial score (nSPS) is 11.0. The average molecular weight is 338 g/mol. The molecule has 1 N–H and O–H groups in total. The maximum absolute atomic E-state index is 12.5. The second-order valence-electron chi connectivity index (χ2n) is 4.85. The molecule has 5 nitrogen and oxygen atoms in total. The second-order valence-corrected chi connectivity index (χ2v) is 4.85. The molecule has 24 heavy (non-hydrogen) atoms.